The highest BCUT2D eigenvalue weighted by molar-refractivity contribution is 5.97. The molecule has 1 N–H and O–H groups in total. The number of hydrogen-bond donors (Lipinski definition) is 1. The summed E-state index contributed by atoms with van der Waals surface area (Å²) in [5, 5.41) is 9.18. The lowest BCUT2D eigenvalue weighted by atomic mass is 9.87. The normalized spacial score (nSPS) is 20.9. The van der Waals surface area contributed by atoms with Gasteiger partial charge in [0.1, 0.15) is 5.82 Å². The highest BCUT2D eigenvalue weighted by Crippen LogP contribution is 2.36. The number of benzene rings is 1. The highest BCUT2D eigenvalue weighted by atomic mass is 16.4. The molecule has 1 atom stereocenters. The Hall–Kier alpha value is -2.67. The molecule has 1 aromatic heterocycles. The summed E-state index contributed by atoms with van der Waals surface area (Å²) >= 11 is 0. The average molecular weight is 396 g/mol. The van der Waals surface area contributed by atoms with Gasteiger partial charge in [-0.25, -0.2) is 9.78 Å². The lowest BCUT2D eigenvalue weighted by Crippen LogP contribution is -2.43. The van der Waals surface area contributed by atoms with Crippen LogP contribution in [-0.2, 0) is 6.54 Å². The number of carboxylic acid groups (broad SMARTS) is 1. The molecule has 1 saturated heterocycles. The molecule has 2 aliphatic heterocycles. The van der Waals surface area contributed by atoms with Gasteiger partial charge in [-0.1, -0.05) is 13.0 Å². The van der Waals surface area contributed by atoms with Gasteiger partial charge in [0.25, 0.3) is 5.91 Å². The first-order chi connectivity index (χ1) is 14.1. The molecule has 0 saturated carbocycles. The van der Waals surface area contributed by atoms with Gasteiger partial charge in [-0.2, -0.15) is 0 Å². The van der Waals surface area contributed by atoms with Crippen molar-refractivity contribution in [2.24, 2.45) is 5.92 Å². The van der Waals surface area contributed by atoms with Gasteiger partial charge in [0.05, 0.1) is 11.6 Å². The van der Waals surface area contributed by atoms with Crippen molar-refractivity contribution in [3.05, 3.63) is 53.6 Å². The molecule has 3 heterocycles. The molecule has 1 unspecified atom stereocenters. The number of piperidine rings is 1. The van der Waals surface area contributed by atoms with Gasteiger partial charge in [0.15, 0.2) is 0 Å². The van der Waals surface area contributed by atoms with E-state index in [-0.39, 0.29) is 11.5 Å². The van der Waals surface area contributed by atoms with Crippen LogP contribution in [0.2, 0.25) is 0 Å². The first-order valence-electron chi connectivity index (χ1n) is 10.5. The number of likely N-dealkylation sites (tertiary alicyclic amines) is 1. The van der Waals surface area contributed by atoms with Gasteiger partial charge >= 0.3 is 5.97 Å². The van der Waals surface area contributed by atoms with Crippen LogP contribution in [0.1, 0.15) is 58.8 Å². The van der Waals surface area contributed by atoms with Crippen LogP contribution in [0, 0.1) is 5.92 Å². The summed E-state index contributed by atoms with van der Waals surface area (Å²) in [7, 11) is 0. The Morgan fingerprint density at radius 1 is 1.14 bits per heavy atom. The third-order valence-electron chi connectivity index (χ3n) is 6.29. The van der Waals surface area contributed by atoms with E-state index >= 15 is 0 Å². The molecule has 4 rings (SSSR count). The predicted molar refractivity (Wildman–Crippen MR) is 109 cm³/mol. The molecule has 2 aromatic rings. The Morgan fingerprint density at radius 2 is 1.90 bits per heavy atom. The SMILES string of the molecule is CCN1CCCn2ccnc2C1C1CCN(C(=O)c2cccc(C(=O)O)c2)CC1. The van der Waals surface area contributed by atoms with E-state index in [1.807, 2.05) is 11.1 Å². The minimum Gasteiger partial charge on any atom is -0.478 e. The van der Waals surface area contributed by atoms with Crippen LogP contribution in [0.15, 0.2) is 36.7 Å². The quantitative estimate of drug-likeness (QED) is 0.860. The molecular formula is C22H28N4O3. The van der Waals surface area contributed by atoms with E-state index in [2.05, 4.69) is 27.6 Å². The van der Waals surface area contributed by atoms with Crippen molar-refractivity contribution in [3.8, 4) is 0 Å². The summed E-state index contributed by atoms with van der Waals surface area (Å²) in [6, 6.07) is 6.61. The molecule has 0 radical (unpaired) electrons. The zero-order valence-corrected chi connectivity index (χ0v) is 16.8. The number of carbonyl (C=O) groups excluding carboxylic acids is 1. The number of carbonyl (C=O) groups is 2. The molecule has 0 spiro atoms. The Labute approximate surface area is 170 Å². The maximum absolute atomic E-state index is 12.9. The number of imidazole rings is 1. The zero-order valence-electron chi connectivity index (χ0n) is 16.8. The lowest BCUT2D eigenvalue weighted by Gasteiger charge is -2.39. The van der Waals surface area contributed by atoms with Crippen molar-refractivity contribution < 1.29 is 14.7 Å². The van der Waals surface area contributed by atoms with Crippen LogP contribution >= 0.6 is 0 Å². The number of carboxylic acids is 1. The second-order valence-electron chi connectivity index (χ2n) is 7.92. The smallest absolute Gasteiger partial charge is 0.335 e. The first-order valence-corrected chi connectivity index (χ1v) is 10.5. The fraction of sp³-hybridized carbons (Fsp3) is 0.500. The van der Waals surface area contributed by atoms with Crippen molar-refractivity contribution in [2.45, 2.75) is 38.8 Å². The number of amides is 1. The van der Waals surface area contributed by atoms with Crippen LogP contribution in [0.25, 0.3) is 0 Å². The van der Waals surface area contributed by atoms with Crippen LogP contribution in [0.5, 0.6) is 0 Å². The molecule has 29 heavy (non-hydrogen) atoms. The van der Waals surface area contributed by atoms with Crippen molar-refractivity contribution in [1.82, 2.24) is 19.4 Å². The van der Waals surface area contributed by atoms with E-state index < -0.39 is 5.97 Å². The van der Waals surface area contributed by atoms with Crippen LogP contribution in [0.3, 0.4) is 0 Å². The largest absolute Gasteiger partial charge is 0.478 e. The number of fused-ring (bicyclic) bond motifs is 1. The van der Waals surface area contributed by atoms with E-state index in [1.54, 1.807) is 12.1 Å². The van der Waals surface area contributed by atoms with Crippen molar-refractivity contribution in [2.75, 3.05) is 26.2 Å². The lowest BCUT2D eigenvalue weighted by molar-refractivity contribution is 0.0579. The third-order valence-corrected chi connectivity index (χ3v) is 6.29. The number of aryl methyl sites for hydroxylation is 1. The molecule has 7 nitrogen and oxygen atoms in total. The third kappa shape index (κ3) is 3.92. The summed E-state index contributed by atoms with van der Waals surface area (Å²) in [6.45, 7) is 6.68. The minimum absolute atomic E-state index is 0.0822. The van der Waals surface area contributed by atoms with Crippen molar-refractivity contribution >= 4 is 11.9 Å². The Bertz CT molecular complexity index is 886. The zero-order chi connectivity index (χ0) is 20.4. The number of aromatic carboxylic acids is 1. The van der Waals surface area contributed by atoms with Crippen LogP contribution < -0.4 is 0 Å². The standard InChI is InChI=1S/C22H28N4O3/c1-2-24-10-4-11-25-14-9-23-20(25)19(24)16-7-12-26(13-8-16)21(27)17-5-3-6-18(15-17)22(28)29/h3,5-6,9,14-16,19H,2,4,7-8,10-13H2,1H3,(H,28,29). The predicted octanol–water partition coefficient (Wildman–Crippen LogP) is 2.90. The van der Waals surface area contributed by atoms with E-state index in [1.165, 1.54) is 12.1 Å². The molecule has 0 aliphatic carbocycles. The van der Waals surface area contributed by atoms with Crippen LogP contribution in [0.4, 0.5) is 0 Å². The average Bonchev–Trinajstić information content (AvgIpc) is 3.13. The second-order valence-corrected chi connectivity index (χ2v) is 7.92. The van der Waals surface area contributed by atoms with Gasteiger partial charge in [0, 0.05) is 44.1 Å². The maximum Gasteiger partial charge on any atom is 0.335 e. The van der Waals surface area contributed by atoms with E-state index in [4.69, 9.17) is 0 Å². The number of aromatic nitrogens is 2. The molecule has 0 bridgehead atoms. The number of rotatable bonds is 4. The van der Waals surface area contributed by atoms with E-state index in [0.29, 0.717) is 30.6 Å². The summed E-state index contributed by atoms with van der Waals surface area (Å²) in [6.07, 6.45) is 6.97. The summed E-state index contributed by atoms with van der Waals surface area (Å²) in [5.74, 6) is 0.523. The minimum atomic E-state index is -1.01. The Kier molecular flexibility index (Phi) is 5.67. The Morgan fingerprint density at radius 3 is 2.62 bits per heavy atom. The first kappa shape index (κ1) is 19.6. The van der Waals surface area contributed by atoms with E-state index in [9.17, 15) is 14.7 Å². The fourth-order valence-corrected chi connectivity index (χ4v) is 4.77. The highest BCUT2D eigenvalue weighted by Gasteiger charge is 2.36. The van der Waals surface area contributed by atoms with Crippen molar-refractivity contribution in [1.29, 1.82) is 0 Å². The van der Waals surface area contributed by atoms with Gasteiger partial charge in [-0.15, -0.1) is 0 Å². The molecule has 1 amide bonds. The topological polar surface area (TPSA) is 78.7 Å². The molecule has 154 valence electrons. The molecule has 2 aliphatic rings. The second kappa shape index (κ2) is 8.37. The monoisotopic (exact) mass is 396 g/mol. The molecular weight excluding hydrogens is 368 g/mol. The summed E-state index contributed by atoms with van der Waals surface area (Å²) in [4.78, 5) is 33.2. The maximum atomic E-state index is 12.9. The summed E-state index contributed by atoms with van der Waals surface area (Å²) in [5.41, 5.74) is 0.596. The van der Waals surface area contributed by atoms with Gasteiger partial charge < -0.3 is 14.6 Å². The number of hydrogen-bond acceptors (Lipinski definition) is 4. The van der Waals surface area contributed by atoms with Crippen LogP contribution in [-0.4, -0.2) is 62.5 Å². The Balaban J connectivity index is 1.47. The van der Waals surface area contributed by atoms with Gasteiger partial charge in [-0.3, -0.25) is 9.69 Å². The molecule has 7 heteroatoms. The molecule has 1 fully saturated rings. The fourth-order valence-electron chi connectivity index (χ4n) is 4.77. The van der Waals surface area contributed by atoms with Crippen molar-refractivity contribution in [3.63, 3.8) is 0 Å². The van der Waals surface area contributed by atoms with Gasteiger partial charge in [-0.05, 0) is 49.9 Å². The molecule has 1 aromatic carbocycles. The number of nitrogens with zero attached hydrogens (tertiary/aromatic N) is 4. The van der Waals surface area contributed by atoms with Gasteiger partial charge in [0.2, 0.25) is 0 Å². The van der Waals surface area contributed by atoms with E-state index in [0.717, 1.165) is 44.7 Å². The summed E-state index contributed by atoms with van der Waals surface area (Å²) < 4.78 is 2.29.